The summed E-state index contributed by atoms with van der Waals surface area (Å²) in [6.45, 7) is 3.29. The molecule has 0 aliphatic carbocycles. The van der Waals surface area contributed by atoms with Crippen molar-refractivity contribution in [3.63, 3.8) is 0 Å². The highest BCUT2D eigenvalue weighted by molar-refractivity contribution is 5.46. The zero-order chi connectivity index (χ0) is 12.8. The zero-order valence-electron chi connectivity index (χ0n) is 10.3. The molecular weight excluding hydrogens is 232 g/mol. The van der Waals surface area contributed by atoms with Gasteiger partial charge in [-0.25, -0.2) is 0 Å². The van der Waals surface area contributed by atoms with Crippen LogP contribution in [-0.2, 0) is 13.2 Å². The smallest absolute Gasteiger partial charge is 0.166 e. The fraction of sp³-hybridized carbons (Fsp3) is 0.308. The summed E-state index contributed by atoms with van der Waals surface area (Å²) >= 11 is 0. The molecule has 0 saturated heterocycles. The van der Waals surface area contributed by atoms with Crippen LogP contribution in [0.5, 0.6) is 11.5 Å². The Balaban J connectivity index is 2.18. The molecule has 0 saturated carbocycles. The molecule has 0 spiro atoms. The minimum atomic E-state index is 0.376. The normalized spacial score (nSPS) is 10.3. The van der Waals surface area contributed by atoms with Crippen molar-refractivity contribution in [2.24, 2.45) is 5.73 Å². The fourth-order valence-corrected chi connectivity index (χ4v) is 1.61. The quantitative estimate of drug-likeness (QED) is 0.847. The van der Waals surface area contributed by atoms with Crippen molar-refractivity contribution in [3.05, 3.63) is 41.8 Å². The molecule has 0 amide bonds. The van der Waals surface area contributed by atoms with E-state index in [2.05, 4.69) is 5.16 Å². The number of rotatable bonds is 6. The van der Waals surface area contributed by atoms with Crippen molar-refractivity contribution >= 4 is 0 Å². The molecule has 2 N–H and O–H groups in total. The molecule has 0 fully saturated rings. The summed E-state index contributed by atoms with van der Waals surface area (Å²) in [5, 5.41) is 3.62. The Hall–Kier alpha value is -2.01. The third-order valence-corrected chi connectivity index (χ3v) is 2.45. The van der Waals surface area contributed by atoms with E-state index >= 15 is 0 Å². The van der Waals surface area contributed by atoms with Gasteiger partial charge in [-0.15, -0.1) is 0 Å². The number of nitrogens with two attached hydrogens (primary N) is 1. The predicted octanol–water partition coefficient (Wildman–Crippen LogP) is 2.11. The van der Waals surface area contributed by atoms with E-state index in [1.807, 2.05) is 25.1 Å². The summed E-state index contributed by atoms with van der Waals surface area (Å²) in [6, 6.07) is 5.69. The highest BCUT2D eigenvalue weighted by Crippen LogP contribution is 2.31. The van der Waals surface area contributed by atoms with Gasteiger partial charge in [-0.1, -0.05) is 17.3 Å². The van der Waals surface area contributed by atoms with Gasteiger partial charge in [-0.3, -0.25) is 0 Å². The molecule has 0 atom stereocenters. The van der Waals surface area contributed by atoms with Crippen LogP contribution in [0.1, 0.15) is 18.1 Å². The first-order chi connectivity index (χ1) is 8.85. The van der Waals surface area contributed by atoms with Gasteiger partial charge in [0.1, 0.15) is 12.9 Å². The average Bonchev–Trinajstić information content (AvgIpc) is 2.90. The lowest BCUT2D eigenvalue weighted by Gasteiger charge is -2.14. The van der Waals surface area contributed by atoms with E-state index in [0.717, 1.165) is 11.1 Å². The summed E-state index contributed by atoms with van der Waals surface area (Å²) in [4.78, 5) is 0. The van der Waals surface area contributed by atoms with E-state index in [-0.39, 0.29) is 0 Å². The Bertz CT molecular complexity index is 483. The zero-order valence-corrected chi connectivity index (χ0v) is 10.3. The Morgan fingerprint density at radius 3 is 2.89 bits per heavy atom. The molecule has 1 aromatic heterocycles. The molecular formula is C13H16N2O3. The van der Waals surface area contributed by atoms with Gasteiger partial charge < -0.3 is 19.7 Å². The molecule has 2 aromatic rings. The maximum absolute atomic E-state index is 5.75. The topological polar surface area (TPSA) is 70.5 Å². The summed E-state index contributed by atoms with van der Waals surface area (Å²) in [6.07, 6.45) is 3.16. The lowest BCUT2D eigenvalue weighted by Crippen LogP contribution is -2.05. The summed E-state index contributed by atoms with van der Waals surface area (Å²) in [5.74, 6) is 1.39. The van der Waals surface area contributed by atoms with E-state index in [4.69, 9.17) is 19.7 Å². The highest BCUT2D eigenvalue weighted by atomic mass is 16.5. The molecule has 1 heterocycles. The van der Waals surface area contributed by atoms with E-state index in [1.165, 1.54) is 0 Å². The van der Waals surface area contributed by atoms with Gasteiger partial charge in [-0.2, -0.15) is 0 Å². The minimum absolute atomic E-state index is 0.376. The molecule has 0 aliphatic heterocycles. The van der Waals surface area contributed by atoms with E-state index in [1.54, 1.807) is 12.5 Å². The lowest BCUT2D eigenvalue weighted by molar-refractivity contribution is 0.266. The first-order valence-electron chi connectivity index (χ1n) is 5.81. The maximum atomic E-state index is 5.75. The monoisotopic (exact) mass is 248 g/mol. The number of para-hydroxylation sites is 1. The van der Waals surface area contributed by atoms with Gasteiger partial charge in [0, 0.05) is 17.7 Å². The Labute approximate surface area is 105 Å². The minimum Gasteiger partial charge on any atom is -0.490 e. The summed E-state index contributed by atoms with van der Waals surface area (Å²) in [7, 11) is 0. The highest BCUT2D eigenvalue weighted by Gasteiger charge is 2.10. The van der Waals surface area contributed by atoms with Gasteiger partial charge in [0.2, 0.25) is 0 Å². The van der Waals surface area contributed by atoms with E-state index < -0.39 is 0 Å². The number of nitrogens with zero attached hydrogens (tertiary/aromatic N) is 1. The first kappa shape index (κ1) is 12.4. The van der Waals surface area contributed by atoms with Crippen LogP contribution in [0.15, 0.2) is 35.2 Å². The lowest BCUT2D eigenvalue weighted by atomic mass is 10.2. The SMILES string of the molecule is CCOc1cccc(CN)c1OCc1cnoc1. The third-order valence-electron chi connectivity index (χ3n) is 2.45. The molecule has 1 aromatic carbocycles. The van der Waals surface area contributed by atoms with Crippen molar-refractivity contribution in [3.8, 4) is 11.5 Å². The van der Waals surface area contributed by atoms with Crippen molar-refractivity contribution in [1.29, 1.82) is 0 Å². The molecule has 0 radical (unpaired) electrons. The standard InChI is InChI=1S/C13H16N2O3/c1-2-16-12-5-3-4-11(6-14)13(12)17-8-10-7-15-18-9-10/h3-5,7,9H,2,6,8,14H2,1H3. The maximum Gasteiger partial charge on any atom is 0.166 e. The second kappa shape index (κ2) is 6.07. The van der Waals surface area contributed by atoms with Crippen molar-refractivity contribution < 1.29 is 14.0 Å². The van der Waals surface area contributed by atoms with Crippen LogP contribution >= 0.6 is 0 Å². The molecule has 0 bridgehead atoms. The second-order valence-corrected chi connectivity index (χ2v) is 3.70. The molecule has 5 nitrogen and oxygen atoms in total. The van der Waals surface area contributed by atoms with Crippen LogP contribution in [0.2, 0.25) is 0 Å². The third kappa shape index (κ3) is 2.81. The largest absolute Gasteiger partial charge is 0.490 e. The molecule has 18 heavy (non-hydrogen) atoms. The molecule has 2 rings (SSSR count). The van der Waals surface area contributed by atoms with Gasteiger partial charge in [-0.05, 0) is 13.0 Å². The fourth-order valence-electron chi connectivity index (χ4n) is 1.61. The number of aromatic nitrogens is 1. The van der Waals surface area contributed by atoms with Crippen molar-refractivity contribution in [2.45, 2.75) is 20.1 Å². The van der Waals surface area contributed by atoms with E-state index in [9.17, 15) is 0 Å². The van der Waals surface area contributed by atoms with Crippen LogP contribution in [0.4, 0.5) is 0 Å². The van der Waals surface area contributed by atoms with Gasteiger partial charge in [0.15, 0.2) is 11.5 Å². The van der Waals surface area contributed by atoms with Crippen LogP contribution in [0.3, 0.4) is 0 Å². The molecule has 96 valence electrons. The van der Waals surface area contributed by atoms with Crippen LogP contribution in [-0.4, -0.2) is 11.8 Å². The summed E-state index contributed by atoms with van der Waals surface area (Å²) < 4.78 is 16.0. The Kier molecular flexibility index (Phi) is 4.20. The van der Waals surface area contributed by atoms with E-state index in [0.29, 0.717) is 31.3 Å². The second-order valence-electron chi connectivity index (χ2n) is 3.70. The first-order valence-corrected chi connectivity index (χ1v) is 5.81. The van der Waals surface area contributed by atoms with Crippen molar-refractivity contribution in [1.82, 2.24) is 5.16 Å². The van der Waals surface area contributed by atoms with Crippen LogP contribution < -0.4 is 15.2 Å². The van der Waals surface area contributed by atoms with Gasteiger partial charge >= 0.3 is 0 Å². The van der Waals surface area contributed by atoms with Crippen LogP contribution in [0.25, 0.3) is 0 Å². The molecule has 0 aliphatic rings. The predicted molar refractivity (Wildman–Crippen MR) is 66.3 cm³/mol. The summed E-state index contributed by atoms with van der Waals surface area (Å²) in [5.41, 5.74) is 7.48. The molecule has 5 heteroatoms. The number of ether oxygens (including phenoxy) is 2. The Morgan fingerprint density at radius 2 is 2.22 bits per heavy atom. The van der Waals surface area contributed by atoms with Crippen LogP contribution in [0, 0.1) is 0 Å². The van der Waals surface area contributed by atoms with Crippen molar-refractivity contribution in [2.75, 3.05) is 6.61 Å². The number of hydrogen-bond donors (Lipinski definition) is 1. The number of hydrogen-bond acceptors (Lipinski definition) is 5. The van der Waals surface area contributed by atoms with Gasteiger partial charge in [0.25, 0.3) is 0 Å². The van der Waals surface area contributed by atoms with Gasteiger partial charge in [0.05, 0.1) is 12.8 Å². The number of benzene rings is 1. The molecule has 0 unspecified atom stereocenters. The Morgan fingerprint density at radius 1 is 1.33 bits per heavy atom. The average molecular weight is 248 g/mol.